The molecule has 5 heteroatoms. The van der Waals surface area contributed by atoms with Crippen molar-refractivity contribution in [1.29, 1.82) is 0 Å². The molecule has 3 aromatic carbocycles. The Morgan fingerprint density at radius 2 is 1.77 bits per heavy atom. The number of ether oxygens (including phenoxy) is 1. The molecular weight excluding hydrogens is 391 g/mol. The van der Waals surface area contributed by atoms with E-state index >= 15 is 0 Å². The molecule has 2 unspecified atom stereocenters. The highest BCUT2D eigenvalue weighted by molar-refractivity contribution is 5.53. The zero-order valence-corrected chi connectivity index (χ0v) is 18.0. The molecule has 2 atom stereocenters. The van der Waals surface area contributed by atoms with Gasteiger partial charge in [-0.3, -0.25) is 4.90 Å². The van der Waals surface area contributed by atoms with Crippen LogP contribution in [0, 0.1) is 5.82 Å². The fourth-order valence-electron chi connectivity index (χ4n) is 4.56. The Kier molecular flexibility index (Phi) is 6.42. The summed E-state index contributed by atoms with van der Waals surface area (Å²) in [7, 11) is 3.74. The molecule has 1 saturated heterocycles. The van der Waals surface area contributed by atoms with Gasteiger partial charge in [0.1, 0.15) is 17.3 Å². The Morgan fingerprint density at radius 1 is 1.03 bits per heavy atom. The third-order valence-electron chi connectivity index (χ3n) is 6.16. The lowest BCUT2D eigenvalue weighted by molar-refractivity contribution is 0.276. The predicted molar refractivity (Wildman–Crippen MR) is 122 cm³/mol. The molecule has 1 aliphatic heterocycles. The summed E-state index contributed by atoms with van der Waals surface area (Å²) in [5, 5.41) is 10.8. The maximum absolute atomic E-state index is 13.2. The molecule has 4 nitrogen and oxygen atoms in total. The summed E-state index contributed by atoms with van der Waals surface area (Å²) in [5.41, 5.74) is 3.18. The van der Waals surface area contributed by atoms with E-state index in [0.717, 1.165) is 42.7 Å². The summed E-state index contributed by atoms with van der Waals surface area (Å²) < 4.78 is 18.5. The van der Waals surface area contributed by atoms with E-state index in [9.17, 15) is 9.50 Å². The first-order chi connectivity index (χ1) is 15.1. The monoisotopic (exact) mass is 420 g/mol. The summed E-state index contributed by atoms with van der Waals surface area (Å²) in [6.07, 6.45) is 2.85. The molecule has 0 spiro atoms. The van der Waals surface area contributed by atoms with Gasteiger partial charge in [-0.1, -0.05) is 30.3 Å². The van der Waals surface area contributed by atoms with E-state index in [1.165, 1.54) is 12.1 Å². The number of hydrogen-bond donors (Lipinski definition) is 1. The number of phenols is 1. The van der Waals surface area contributed by atoms with Crippen LogP contribution in [0.1, 0.15) is 30.0 Å². The van der Waals surface area contributed by atoms with Gasteiger partial charge in [0.25, 0.3) is 0 Å². The minimum absolute atomic E-state index is 0.0199. The molecule has 0 saturated carbocycles. The minimum atomic E-state index is -0.201. The lowest BCUT2D eigenvalue weighted by Gasteiger charge is -2.30. The second kappa shape index (κ2) is 9.40. The SMILES string of the molecule is COc1ccc(C2C(CCCc3ccc(F)cc3)N(C)CN2c2ccccc2)c(O)c1. The average molecular weight is 421 g/mol. The van der Waals surface area contributed by atoms with Gasteiger partial charge in [0.15, 0.2) is 0 Å². The van der Waals surface area contributed by atoms with Crippen LogP contribution in [-0.4, -0.2) is 36.9 Å². The summed E-state index contributed by atoms with van der Waals surface area (Å²) in [4.78, 5) is 4.70. The summed E-state index contributed by atoms with van der Waals surface area (Å²) >= 11 is 0. The maximum Gasteiger partial charge on any atom is 0.124 e. The van der Waals surface area contributed by atoms with Crippen LogP contribution in [-0.2, 0) is 6.42 Å². The topological polar surface area (TPSA) is 35.9 Å². The Labute approximate surface area is 183 Å². The van der Waals surface area contributed by atoms with Gasteiger partial charge in [0, 0.05) is 23.4 Å². The number of aryl methyl sites for hydroxylation is 1. The number of hydrogen-bond acceptors (Lipinski definition) is 4. The number of aromatic hydroxyl groups is 1. The smallest absolute Gasteiger partial charge is 0.124 e. The van der Waals surface area contributed by atoms with E-state index in [0.29, 0.717) is 5.75 Å². The second-order valence-electron chi connectivity index (χ2n) is 8.16. The lowest BCUT2D eigenvalue weighted by atomic mass is 9.93. The van der Waals surface area contributed by atoms with Crippen molar-refractivity contribution < 1.29 is 14.2 Å². The largest absolute Gasteiger partial charge is 0.507 e. The molecule has 0 amide bonds. The predicted octanol–water partition coefficient (Wildman–Crippen LogP) is 5.38. The molecule has 31 heavy (non-hydrogen) atoms. The quantitative estimate of drug-likeness (QED) is 0.557. The maximum atomic E-state index is 13.2. The van der Waals surface area contributed by atoms with Crippen molar-refractivity contribution in [2.45, 2.75) is 31.3 Å². The van der Waals surface area contributed by atoms with E-state index in [1.807, 2.05) is 42.5 Å². The van der Waals surface area contributed by atoms with E-state index in [1.54, 1.807) is 13.2 Å². The van der Waals surface area contributed by atoms with Crippen LogP contribution in [0.3, 0.4) is 0 Å². The van der Waals surface area contributed by atoms with E-state index in [4.69, 9.17) is 4.74 Å². The Hall–Kier alpha value is -3.05. The third kappa shape index (κ3) is 4.67. The fourth-order valence-corrected chi connectivity index (χ4v) is 4.56. The summed E-state index contributed by atoms with van der Waals surface area (Å²) in [6, 6.07) is 22.9. The van der Waals surface area contributed by atoms with Crippen LogP contribution in [0.4, 0.5) is 10.1 Å². The van der Waals surface area contributed by atoms with Gasteiger partial charge >= 0.3 is 0 Å². The lowest BCUT2D eigenvalue weighted by Crippen LogP contribution is -2.29. The van der Waals surface area contributed by atoms with Crippen LogP contribution >= 0.6 is 0 Å². The summed E-state index contributed by atoms with van der Waals surface area (Å²) in [6.45, 7) is 0.779. The standard InChI is InChI=1S/C26H29FN2O2/c1-28-18-29(21-8-4-3-5-9-21)26(23-16-15-22(31-2)17-25(23)30)24(28)10-6-7-19-11-13-20(27)14-12-19/h3-5,8-9,11-17,24,26,30H,6-7,10,18H2,1-2H3. The number of methoxy groups -OCH3 is 1. The van der Waals surface area contributed by atoms with Gasteiger partial charge < -0.3 is 14.7 Å². The van der Waals surface area contributed by atoms with Gasteiger partial charge in [0.2, 0.25) is 0 Å². The molecule has 0 bridgehead atoms. The van der Waals surface area contributed by atoms with Crippen LogP contribution < -0.4 is 9.64 Å². The fraction of sp³-hybridized carbons (Fsp3) is 0.308. The van der Waals surface area contributed by atoms with Gasteiger partial charge in [-0.25, -0.2) is 4.39 Å². The highest BCUT2D eigenvalue weighted by Crippen LogP contribution is 2.42. The molecule has 0 aromatic heterocycles. The first kappa shape index (κ1) is 21.2. The number of halogens is 1. The molecule has 1 fully saturated rings. The molecule has 1 aliphatic rings. The van der Waals surface area contributed by atoms with Crippen LogP contribution in [0.25, 0.3) is 0 Å². The zero-order valence-electron chi connectivity index (χ0n) is 18.0. The normalized spacial score (nSPS) is 19.0. The second-order valence-corrected chi connectivity index (χ2v) is 8.16. The van der Waals surface area contributed by atoms with Gasteiger partial charge in [-0.15, -0.1) is 0 Å². The molecular formula is C26H29FN2O2. The molecule has 3 aromatic rings. The summed E-state index contributed by atoms with van der Waals surface area (Å²) in [5.74, 6) is 0.698. The number of likely N-dealkylation sites (N-methyl/N-ethyl adjacent to an activating group) is 1. The number of para-hydroxylation sites is 1. The third-order valence-corrected chi connectivity index (χ3v) is 6.16. The minimum Gasteiger partial charge on any atom is -0.507 e. The van der Waals surface area contributed by atoms with Crippen molar-refractivity contribution in [3.63, 3.8) is 0 Å². The Balaban J connectivity index is 1.59. The van der Waals surface area contributed by atoms with Gasteiger partial charge in [-0.2, -0.15) is 0 Å². The number of benzene rings is 3. The van der Waals surface area contributed by atoms with Crippen molar-refractivity contribution in [2.75, 3.05) is 25.7 Å². The Bertz CT molecular complexity index is 994. The van der Waals surface area contributed by atoms with E-state index in [-0.39, 0.29) is 23.7 Å². The van der Waals surface area contributed by atoms with Crippen molar-refractivity contribution in [3.8, 4) is 11.5 Å². The van der Waals surface area contributed by atoms with Crippen LogP contribution in [0.15, 0.2) is 72.8 Å². The average Bonchev–Trinajstić information content (AvgIpc) is 3.11. The van der Waals surface area contributed by atoms with Gasteiger partial charge in [0.05, 0.1) is 19.8 Å². The van der Waals surface area contributed by atoms with E-state index < -0.39 is 0 Å². The van der Waals surface area contributed by atoms with Gasteiger partial charge in [-0.05, 0) is 68.3 Å². The molecule has 162 valence electrons. The van der Waals surface area contributed by atoms with Crippen molar-refractivity contribution in [1.82, 2.24) is 4.90 Å². The number of nitrogens with zero attached hydrogens (tertiary/aromatic N) is 2. The van der Waals surface area contributed by atoms with Crippen LogP contribution in [0.2, 0.25) is 0 Å². The highest BCUT2D eigenvalue weighted by atomic mass is 19.1. The van der Waals surface area contributed by atoms with Crippen molar-refractivity contribution in [3.05, 3.63) is 89.7 Å². The van der Waals surface area contributed by atoms with Crippen molar-refractivity contribution in [2.24, 2.45) is 0 Å². The van der Waals surface area contributed by atoms with Crippen LogP contribution in [0.5, 0.6) is 11.5 Å². The molecule has 1 N–H and O–H groups in total. The number of phenolic OH excluding ortho intramolecular Hbond substituents is 1. The van der Waals surface area contributed by atoms with E-state index in [2.05, 4.69) is 29.0 Å². The van der Waals surface area contributed by atoms with Crippen molar-refractivity contribution >= 4 is 5.69 Å². The molecule has 4 rings (SSSR count). The molecule has 1 heterocycles. The number of rotatable bonds is 7. The first-order valence-electron chi connectivity index (χ1n) is 10.7. The number of anilines is 1. The zero-order chi connectivity index (χ0) is 21.8. The first-order valence-corrected chi connectivity index (χ1v) is 10.7. The Morgan fingerprint density at radius 3 is 2.45 bits per heavy atom. The molecule has 0 radical (unpaired) electrons. The molecule has 0 aliphatic carbocycles. The highest BCUT2D eigenvalue weighted by Gasteiger charge is 2.40.